The zero-order valence-electron chi connectivity index (χ0n) is 9.88. The molecule has 2 heteroatoms. The van der Waals surface area contributed by atoms with Crippen molar-refractivity contribution in [2.24, 2.45) is 0 Å². The van der Waals surface area contributed by atoms with Crippen LogP contribution in [0.4, 0.5) is 0 Å². The molecule has 1 fully saturated rings. The van der Waals surface area contributed by atoms with Gasteiger partial charge in [0.05, 0.1) is 6.10 Å². The Kier molecular flexibility index (Phi) is 5.49. The molecule has 1 aliphatic heterocycles. The third-order valence-electron chi connectivity index (χ3n) is 3.10. The van der Waals surface area contributed by atoms with Gasteiger partial charge in [-0.1, -0.05) is 26.7 Å². The average Bonchev–Trinajstić information content (AvgIpc) is 2.53. The normalized spacial score (nSPS) is 27.4. The maximum absolute atomic E-state index is 5.56. The van der Waals surface area contributed by atoms with Gasteiger partial charge in [-0.3, -0.25) is 0 Å². The lowest BCUT2D eigenvalue weighted by Gasteiger charge is -2.24. The monoisotopic (exact) mass is 199 g/mol. The summed E-state index contributed by atoms with van der Waals surface area (Å²) in [7, 11) is 0. The fourth-order valence-corrected chi connectivity index (χ4v) is 2.26. The van der Waals surface area contributed by atoms with Gasteiger partial charge in [0.25, 0.3) is 0 Å². The second-order valence-electron chi connectivity index (χ2n) is 4.41. The number of ether oxygens (including phenoxy) is 1. The molecule has 2 atom stereocenters. The maximum atomic E-state index is 5.56. The minimum atomic E-state index is 0.409. The molecule has 0 saturated carbocycles. The SMILES string of the molecule is CCCC(CCC)NC1CCOC1C. The summed E-state index contributed by atoms with van der Waals surface area (Å²) in [4.78, 5) is 0. The molecular weight excluding hydrogens is 174 g/mol. The third kappa shape index (κ3) is 3.58. The molecule has 0 amide bonds. The quantitative estimate of drug-likeness (QED) is 0.710. The van der Waals surface area contributed by atoms with E-state index in [1.165, 1.54) is 32.1 Å². The van der Waals surface area contributed by atoms with Crippen LogP contribution in [0, 0.1) is 0 Å². The van der Waals surface area contributed by atoms with Gasteiger partial charge in [-0.05, 0) is 26.2 Å². The molecule has 1 heterocycles. The predicted molar refractivity (Wildman–Crippen MR) is 60.6 cm³/mol. The van der Waals surface area contributed by atoms with Crippen molar-refractivity contribution in [3.05, 3.63) is 0 Å². The van der Waals surface area contributed by atoms with E-state index in [-0.39, 0.29) is 0 Å². The van der Waals surface area contributed by atoms with Gasteiger partial charge in [0, 0.05) is 18.7 Å². The first kappa shape index (κ1) is 12.0. The Hall–Kier alpha value is -0.0800. The van der Waals surface area contributed by atoms with Crippen LogP contribution in [-0.4, -0.2) is 24.8 Å². The van der Waals surface area contributed by atoms with Gasteiger partial charge in [-0.2, -0.15) is 0 Å². The van der Waals surface area contributed by atoms with Crippen LogP contribution >= 0.6 is 0 Å². The van der Waals surface area contributed by atoms with Crippen molar-refractivity contribution in [2.45, 2.75) is 71.1 Å². The first-order chi connectivity index (χ1) is 6.77. The number of hydrogen-bond acceptors (Lipinski definition) is 2. The van der Waals surface area contributed by atoms with Gasteiger partial charge in [0.15, 0.2) is 0 Å². The smallest absolute Gasteiger partial charge is 0.0700 e. The molecule has 84 valence electrons. The van der Waals surface area contributed by atoms with Gasteiger partial charge in [-0.15, -0.1) is 0 Å². The highest BCUT2D eigenvalue weighted by Crippen LogP contribution is 2.15. The molecule has 0 aromatic heterocycles. The van der Waals surface area contributed by atoms with E-state index in [0.29, 0.717) is 18.2 Å². The summed E-state index contributed by atoms with van der Waals surface area (Å²) in [5.74, 6) is 0. The van der Waals surface area contributed by atoms with Gasteiger partial charge in [0.1, 0.15) is 0 Å². The highest BCUT2D eigenvalue weighted by atomic mass is 16.5. The van der Waals surface area contributed by atoms with Crippen LogP contribution in [0.3, 0.4) is 0 Å². The second-order valence-corrected chi connectivity index (χ2v) is 4.41. The van der Waals surface area contributed by atoms with E-state index in [0.717, 1.165) is 6.61 Å². The molecule has 0 aromatic carbocycles. The molecule has 0 spiro atoms. The van der Waals surface area contributed by atoms with Crippen molar-refractivity contribution in [2.75, 3.05) is 6.61 Å². The summed E-state index contributed by atoms with van der Waals surface area (Å²) in [6, 6.07) is 1.30. The van der Waals surface area contributed by atoms with Crippen molar-refractivity contribution in [3.8, 4) is 0 Å². The van der Waals surface area contributed by atoms with Gasteiger partial charge in [0.2, 0.25) is 0 Å². The van der Waals surface area contributed by atoms with Gasteiger partial charge >= 0.3 is 0 Å². The lowest BCUT2D eigenvalue weighted by atomic mass is 10.0. The molecule has 2 unspecified atom stereocenters. The Labute approximate surface area is 88.4 Å². The van der Waals surface area contributed by atoms with Crippen LogP contribution in [0.5, 0.6) is 0 Å². The molecule has 1 N–H and O–H groups in total. The van der Waals surface area contributed by atoms with Crippen molar-refractivity contribution < 1.29 is 4.74 Å². The summed E-state index contributed by atoms with van der Waals surface area (Å²) in [6.45, 7) is 7.64. The first-order valence-electron chi connectivity index (χ1n) is 6.15. The fraction of sp³-hybridized carbons (Fsp3) is 1.00. The molecule has 1 aliphatic rings. The van der Waals surface area contributed by atoms with E-state index in [4.69, 9.17) is 4.74 Å². The molecule has 0 aromatic rings. The second kappa shape index (κ2) is 6.41. The lowest BCUT2D eigenvalue weighted by Crippen LogP contribution is -2.41. The van der Waals surface area contributed by atoms with E-state index in [1.807, 2.05) is 0 Å². The summed E-state index contributed by atoms with van der Waals surface area (Å²) in [5.41, 5.74) is 0. The molecule has 0 bridgehead atoms. The maximum Gasteiger partial charge on any atom is 0.0700 e. The van der Waals surface area contributed by atoms with E-state index >= 15 is 0 Å². The van der Waals surface area contributed by atoms with Crippen molar-refractivity contribution in [3.63, 3.8) is 0 Å². The number of hydrogen-bond donors (Lipinski definition) is 1. The minimum Gasteiger partial charge on any atom is -0.377 e. The Bertz CT molecular complexity index is 143. The number of nitrogens with one attached hydrogen (secondary N) is 1. The first-order valence-corrected chi connectivity index (χ1v) is 6.15. The fourth-order valence-electron chi connectivity index (χ4n) is 2.26. The largest absolute Gasteiger partial charge is 0.377 e. The van der Waals surface area contributed by atoms with Crippen LogP contribution in [0.25, 0.3) is 0 Å². The van der Waals surface area contributed by atoms with Gasteiger partial charge in [-0.25, -0.2) is 0 Å². The topological polar surface area (TPSA) is 21.3 Å². The van der Waals surface area contributed by atoms with Crippen molar-refractivity contribution >= 4 is 0 Å². The Morgan fingerprint density at radius 2 is 1.93 bits per heavy atom. The van der Waals surface area contributed by atoms with Crippen molar-refractivity contribution in [1.82, 2.24) is 5.32 Å². The third-order valence-corrected chi connectivity index (χ3v) is 3.10. The van der Waals surface area contributed by atoms with Crippen LogP contribution in [0.15, 0.2) is 0 Å². The summed E-state index contributed by atoms with van der Waals surface area (Å²) >= 11 is 0. The summed E-state index contributed by atoms with van der Waals surface area (Å²) in [6.07, 6.45) is 6.75. The highest BCUT2D eigenvalue weighted by Gasteiger charge is 2.25. The summed E-state index contributed by atoms with van der Waals surface area (Å²) < 4.78 is 5.56. The Morgan fingerprint density at radius 1 is 1.29 bits per heavy atom. The standard InChI is InChI=1S/C12H25NO/c1-4-6-11(7-5-2)13-12-8-9-14-10(12)3/h10-13H,4-9H2,1-3H3. The minimum absolute atomic E-state index is 0.409. The van der Waals surface area contributed by atoms with Crippen LogP contribution in [0.2, 0.25) is 0 Å². The number of rotatable bonds is 6. The predicted octanol–water partition coefficient (Wildman–Crippen LogP) is 2.72. The molecular formula is C12H25NO. The molecule has 0 aliphatic carbocycles. The lowest BCUT2D eigenvalue weighted by molar-refractivity contribution is 0.110. The Morgan fingerprint density at radius 3 is 2.36 bits per heavy atom. The van der Waals surface area contributed by atoms with E-state index in [2.05, 4.69) is 26.1 Å². The highest BCUT2D eigenvalue weighted by molar-refractivity contribution is 4.82. The molecule has 1 rings (SSSR count). The van der Waals surface area contributed by atoms with Crippen LogP contribution in [0.1, 0.15) is 52.9 Å². The van der Waals surface area contributed by atoms with Crippen LogP contribution < -0.4 is 5.32 Å². The Balaban J connectivity index is 2.29. The zero-order valence-corrected chi connectivity index (χ0v) is 9.88. The van der Waals surface area contributed by atoms with E-state index < -0.39 is 0 Å². The van der Waals surface area contributed by atoms with Crippen molar-refractivity contribution in [1.29, 1.82) is 0 Å². The average molecular weight is 199 g/mol. The van der Waals surface area contributed by atoms with Gasteiger partial charge < -0.3 is 10.1 Å². The van der Waals surface area contributed by atoms with E-state index in [1.54, 1.807) is 0 Å². The molecule has 2 nitrogen and oxygen atoms in total. The molecule has 1 saturated heterocycles. The zero-order chi connectivity index (χ0) is 10.4. The molecule has 14 heavy (non-hydrogen) atoms. The molecule has 0 radical (unpaired) electrons. The van der Waals surface area contributed by atoms with E-state index in [9.17, 15) is 0 Å². The van der Waals surface area contributed by atoms with Crippen LogP contribution in [-0.2, 0) is 4.74 Å². The summed E-state index contributed by atoms with van der Waals surface area (Å²) in [5, 5.41) is 3.74.